The molecule has 25 heavy (non-hydrogen) atoms. The summed E-state index contributed by atoms with van der Waals surface area (Å²) in [6, 6.07) is 3.13. The quantitative estimate of drug-likeness (QED) is 0.617. The Morgan fingerprint density at radius 1 is 1.24 bits per heavy atom. The highest BCUT2D eigenvalue weighted by atomic mass is 19.4. The van der Waals surface area contributed by atoms with E-state index >= 15 is 0 Å². The highest BCUT2D eigenvalue weighted by Crippen LogP contribution is 2.30. The van der Waals surface area contributed by atoms with E-state index < -0.39 is 29.7 Å². The average Bonchev–Trinajstić information content (AvgIpc) is 2.52. The third-order valence-electron chi connectivity index (χ3n) is 3.69. The van der Waals surface area contributed by atoms with Crippen molar-refractivity contribution in [1.82, 2.24) is 0 Å². The number of quaternary nitrogens is 1. The van der Waals surface area contributed by atoms with E-state index in [2.05, 4.69) is 12.2 Å². The summed E-state index contributed by atoms with van der Waals surface area (Å²) in [6.45, 7) is 2.61. The Hall–Kier alpha value is -2.09. The van der Waals surface area contributed by atoms with E-state index in [1.807, 2.05) is 0 Å². The molecule has 0 aliphatic carbocycles. The summed E-state index contributed by atoms with van der Waals surface area (Å²) in [4.78, 5) is 23.0. The molecule has 1 atom stereocenters. The first-order valence-corrected chi connectivity index (χ1v) is 8.25. The molecule has 5 nitrogen and oxygen atoms in total. The molecule has 140 valence electrons. The fraction of sp³-hybridized carbons (Fsp3) is 0.529. The summed E-state index contributed by atoms with van der Waals surface area (Å²) >= 11 is 0. The minimum absolute atomic E-state index is 0.0279. The van der Waals surface area contributed by atoms with E-state index in [-0.39, 0.29) is 12.1 Å². The Labute approximate surface area is 144 Å². The molecule has 1 amide bonds. The second-order valence-corrected chi connectivity index (χ2v) is 5.84. The zero-order valence-corrected chi connectivity index (χ0v) is 14.1. The number of amides is 1. The molecule has 0 fully saturated rings. The van der Waals surface area contributed by atoms with E-state index in [1.165, 1.54) is 17.4 Å². The van der Waals surface area contributed by atoms with Gasteiger partial charge in [0.25, 0.3) is 0 Å². The first-order valence-electron chi connectivity index (χ1n) is 8.25. The van der Waals surface area contributed by atoms with Gasteiger partial charge in [0.1, 0.15) is 6.04 Å². The van der Waals surface area contributed by atoms with Crippen LogP contribution >= 0.6 is 0 Å². The molecule has 0 unspecified atom stereocenters. The molecule has 0 saturated carbocycles. The number of carbonyl (C=O) groups excluding carboxylic acids is 2. The van der Waals surface area contributed by atoms with Crippen molar-refractivity contribution in [3.8, 4) is 0 Å². The molecule has 8 heteroatoms. The fourth-order valence-corrected chi connectivity index (χ4v) is 2.34. The number of rotatable bonds is 10. The first kappa shape index (κ1) is 21.0. The lowest BCUT2D eigenvalue weighted by atomic mass is 10.1. The van der Waals surface area contributed by atoms with Crippen LogP contribution in [0.2, 0.25) is 0 Å². The number of unbranched alkanes of at least 4 members (excludes halogenated alkanes) is 3. The van der Waals surface area contributed by atoms with E-state index in [0.717, 1.165) is 37.8 Å². The maximum atomic E-state index is 12.6. The van der Waals surface area contributed by atoms with Crippen molar-refractivity contribution in [2.75, 3.05) is 11.9 Å². The van der Waals surface area contributed by atoms with Gasteiger partial charge in [0.05, 0.1) is 24.5 Å². The second kappa shape index (κ2) is 10.0. The highest BCUT2D eigenvalue weighted by Gasteiger charge is 2.30. The van der Waals surface area contributed by atoms with Crippen LogP contribution in [0.4, 0.5) is 18.9 Å². The molecule has 1 rings (SSSR count). The SMILES string of the molecule is CCCCCC[NH2+][C@H](CC(=O)Nc1cccc(C(F)(F)F)c1)C(=O)[O-]. The first-order chi connectivity index (χ1) is 11.7. The number of hydrogen-bond donors (Lipinski definition) is 2. The highest BCUT2D eigenvalue weighted by molar-refractivity contribution is 5.93. The third kappa shape index (κ3) is 8.02. The van der Waals surface area contributed by atoms with Crippen molar-refractivity contribution in [2.45, 2.75) is 51.2 Å². The van der Waals surface area contributed by atoms with E-state index in [1.54, 1.807) is 0 Å². The normalized spacial score (nSPS) is 12.6. The maximum Gasteiger partial charge on any atom is 0.416 e. The smallest absolute Gasteiger partial charge is 0.416 e. The maximum absolute atomic E-state index is 12.6. The van der Waals surface area contributed by atoms with Crippen LogP contribution in [0.5, 0.6) is 0 Å². The van der Waals surface area contributed by atoms with Gasteiger partial charge in [-0.1, -0.05) is 25.8 Å². The lowest BCUT2D eigenvalue weighted by Crippen LogP contribution is -2.93. The van der Waals surface area contributed by atoms with Gasteiger partial charge in [0.15, 0.2) is 0 Å². The molecular formula is C17H23F3N2O3. The monoisotopic (exact) mass is 360 g/mol. The second-order valence-electron chi connectivity index (χ2n) is 5.84. The topological polar surface area (TPSA) is 85.8 Å². The van der Waals surface area contributed by atoms with Crippen LogP contribution < -0.4 is 15.7 Å². The van der Waals surface area contributed by atoms with E-state index in [9.17, 15) is 27.9 Å². The predicted molar refractivity (Wildman–Crippen MR) is 84.4 cm³/mol. The van der Waals surface area contributed by atoms with Crippen LogP contribution in [0.25, 0.3) is 0 Å². The molecule has 0 saturated heterocycles. The van der Waals surface area contributed by atoms with Crippen LogP contribution in [0, 0.1) is 0 Å². The number of anilines is 1. The van der Waals surface area contributed by atoms with Gasteiger partial charge in [0, 0.05) is 5.69 Å². The molecule has 1 aromatic rings. The predicted octanol–water partition coefficient (Wildman–Crippen LogP) is 1.30. The van der Waals surface area contributed by atoms with Crippen molar-refractivity contribution in [3.63, 3.8) is 0 Å². The number of nitrogens with one attached hydrogen (secondary N) is 1. The van der Waals surface area contributed by atoms with Crippen LogP contribution in [0.1, 0.15) is 44.6 Å². The molecule has 1 aromatic carbocycles. The molecule has 0 aliphatic heterocycles. The Balaban J connectivity index is 2.56. The van der Waals surface area contributed by atoms with Gasteiger partial charge in [-0.3, -0.25) is 4.79 Å². The molecule has 0 bridgehead atoms. The van der Waals surface area contributed by atoms with Gasteiger partial charge in [-0.25, -0.2) is 0 Å². The number of carboxylic acid groups (broad SMARTS) is 1. The van der Waals surface area contributed by atoms with E-state index in [4.69, 9.17) is 0 Å². The fourth-order valence-electron chi connectivity index (χ4n) is 2.34. The summed E-state index contributed by atoms with van der Waals surface area (Å²) in [5.74, 6) is -2.03. The average molecular weight is 360 g/mol. The summed E-state index contributed by atoms with van der Waals surface area (Å²) in [5.41, 5.74) is -0.913. The molecule has 0 aliphatic rings. The third-order valence-corrected chi connectivity index (χ3v) is 3.69. The standard InChI is InChI=1S/C17H23F3N2O3/c1-2-3-4-5-9-21-14(16(24)25)11-15(23)22-13-8-6-7-12(10-13)17(18,19)20/h6-8,10,14,21H,2-5,9,11H2,1H3,(H,22,23)(H,24,25)/t14-/m1/s1. The summed E-state index contributed by atoms with van der Waals surface area (Å²) < 4.78 is 37.9. The van der Waals surface area contributed by atoms with Crippen LogP contribution in [-0.4, -0.2) is 24.5 Å². The minimum Gasteiger partial charge on any atom is -0.544 e. The van der Waals surface area contributed by atoms with Gasteiger partial charge < -0.3 is 20.5 Å². The largest absolute Gasteiger partial charge is 0.544 e. The van der Waals surface area contributed by atoms with Gasteiger partial charge in [-0.05, 0) is 31.0 Å². The van der Waals surface area contributed by atoms with Crippen molar-refractivity contribution in [3.05, 3.63) is 29.8 Å². The number of carboxylic acids is 1. The number of nitrogens with two attached hydrogens (primary N) is 1. The van der Waals surface area contributed by atoms with Crippen molar-refractivity contribution in [2.24, 2.45) is 0 Å². The zero-order valence-electron chi connectivity index (χ0n) is 14.1. The van der Waals surface area contributed by atoms with E-state index in [0.29, 0.717) is 6.54 Å². The minimum atomic E-state index is -4.51. The Bertz CT molecular complexity index is 577. The number of aliphatic carboxylic acids is 1. The molecule has 0 radical (unpaired) electrons. The Kier molecular flexibility index (Phi) is 8.40. The van der Waals surface area contributed by atoms with Gasteiger partial charge >= 0.3 is 6.18 Å². The Morgan fingerprint density at radius 3 is 2.56 bits per heavy atom. The summed E-state index contributed by atoms with van der Waals surface area (Å²) in [5, 5.41) is 14.9. The van der Waals surface area contributed by atoms with Crippen molar-refractivity contribution < 1.29 is 33.2 Å². The molecule has 0 spiro atoms. The lowest BCUT2D eigenvalue weighted by Gasteiger charge is -2.16. The van der Waals surface area contributed by atoms with Gasteiger partial charge in [0.2, 0.25) is 5.91 Å². The molecule has 0 heterocycles. The molecular weight excluding hydrogens is 337 g/mol. The van der Waals surface area contributed by atoms with Crippen LogP contribution in [0.15, 0.2) is 24.3 Å². The van der Waals surface area contributed by atoms with Crippen LogP contribution in [-0.2, 0) is 15.8 Å². The number of halogens is 3. The van der Waals surface area contributed by atoms with Crippen molar-refractivity contribution >= 4 is 17.6 Å². The van der Waals surface area contributed by atoms with Crippen molar-refractivity contribution in [1.29, 1.82) is 0 Å². The molecule has 0 aromatic heterocycles. The molecule has 3 N–H and O–H groups in total. The Morgan fingerprint density at radius 2 is 1.96 bits per heavy atom. The number of benzene rings is 1. The zero-order chi connectivity index (χ0) is 18.9. The number of hydrogen-bond acceptors (Lipinski definition) is 3. The number of alkyl halides is 3. The summed E-state index contributed by atoms with van der Waals surface area (Å²) in [6.07, 6.45) is -0.966. The van der Waals surface area contributed by atoms with Gasteiger partial charge in [-0.15, -0.1) is 0 Å². The lowest BCUT2D eigenvalue weighted by molar-refractivity contribution is -0.682. The summed E-state index contributed by atoms with van der Waals surface area (Å²) in [7, 11) is 0. The van der Waals surface area contributed by atoms with Gasteiger partial charge in [-0.2, -0.15) is 13.2 Å². The van der Waals surface area contributed by atoms with Crippen LogP contribution in [0.3, 0.4) is 0 Å². The number of carbonyl (C=O) groups is 2.